The van der Waals surface area contributed by atoms with E-state index in [-0.39, 0.29) is 19.7 Å². The Morgan fingerprint density at radius 3 is 2.67 bits per heavy atom. The average Bonchev–Trinajstić information content (AvgIpc) is 2.27. The Hall–Kier alpha value is -1.35. The summed E-state index contributed by atoms with van der Waals surface area (Å²) >= 11 is 0. The number of amides is 1. The Kier molecular flexibility index (Phi) is 4.91. The van der Waals surface area contributed by atoms with Crippen LogP contribution in [-0.2, 0) is 14.3 Å². The quantitative estimate of drug-likeness (QED) is 0.716. The highest BCUT2D eigenvalue weighted by Crippen LogP contribution is 2.12. The van der Waals surface area contributed by atoms with E-state index in [1.54, 1.807) is 0 Å². The molecule has 1 heterocycles. The van der Waals surface area contributed by atoms with Gasteiger partial charge in [-0.1, -0.05) is 0 Å². The van der Waals surface area contributed by atoms with E-state index >= 15 is 0 Å². The first-order valence-corrected chi connectivity index (χ1v) is 5.19. The van der Waals surface area contributed by atoms with Gasteiger partial charge < -0.3 is 20.1 Å². The highest BCUT2D eigenvalue weighted by molar-refractivity contribution is 5.80. The van der Waals surface area contributed by atoms with Crippen molar-refractivity contribution in [2.75, 3.05) is 32.8 Å². The fraction of sp³-hybridized carbons (Fsp3) is 0.778. The molecule has 1 fully saturated rings. The summed E-state index contributed by atoms with van der Waals surface area (Å²) in [7, 11) is 0. The molecule has 104 valence electrons. The van der Waals surface area contributed by atoms with Gasteiger partial charge in [-0.05, 0) is 0 Å². The molecule has 0 aromatic heterocycles. The van der Waals surface area contributed by atoms with E-state index in [0.29, 0.717) is 0 Å². The van der Waals surface area contributed by atoms with Crippen LogP contribution in [0.5, 0.6) is 0 Å². The number of carboxylic acids is 1. The van der Waals surface area contributed by atoms with E-state index in [1.165, 1.54) is 4.90 Å². The van der Waals surface area contributed by atoms with Crippen molar-refractivity contribution in [1.82, 2.24) is 10.2 Å². The summed E-state index contributed by atoms with van der Waals surface area (Å²) in [6, 6.07) is 0. The SMILES string of the molecule is O=C(O)C1CN(C(=O)CNCC(F)(F)F)CCO1. The third-order valence-electron chi connectivity index (χ3n) is 2.30. The molecule has 1 unspecified atom stereocenters. The smallest absolute Gasteiger partial charge is 0.401 e. The molecule has 0 spiro atoms. The van der Waals surface area contributed by atoms with Crippen LogP contribution >= 0.6 is 0 Å². The summed E-state index contributed by atoms with van der Waals surface area (Å²) in [6.07, 6.45) is -5.50. The van der Waals surface area contributed by atoms with E-state index in [4.69, 9.17) is 9.84 Å². The van der Waals surface area contributed by atoms with Crippen molar-refractivity contribution < 1.29 is 32.6 Å². The maximum atomic E-state index is 11.8. The second-order valence-corrected chi connectivity index (χ2v) is 3.76. The summed E-state index contributed by atoms with van der Waals surface area (Å²) in [5.74, 6) is -1.77. The Morgan fingerprint density at radius 1 is 1.44 bits per heavy atom. The zero-order valence-corrected chi connectivity index (χ0v) is 9.37. The highest BCUT2D eigenvalue weighted by Gasteiger charge is 2.30. The molecule has 9 heteroatoms. The first kappa shape index (κ1) is 14.7. The number of halogens is 3. The molecule has 0 radical (unpaired) electrons. The lowest BCUT2D eigenvalue weighted by Gasteiger charge is -2.31. The maximum Gasteiger partial charge on any atom is 0.401 e. The molecule has 2 N–H and O–H groups in total. The molecule has 1 saturated heterocycles. The summed E-state index contributed by atoms with van der Waals surface area (Å²) < 4.78 is 40.4. The van der Waals surface area contributed by atoms with Crippen molar-refractivity contribution >= 4 is 11.9 Å². The largest absolute Gasteiger partial charge is 0.479 e. The fourth-order valence-electron chi connectivity index (χ4n) is 1.45. The number of aliphatic carboxylic acids is 1. The van der Waals surface area contributed by atoms with Gasteiger partial charge in [0.1, 0.15) is 0 Å². The van der Waals surface area contributed by atoms with Gasteiger partial charge in [0, 0.05) is 6.54 Å². The van der Waals surface area contributed by atoms with E-state index in [0.717, 1.165) is 0 Å². The van der Waals surface area contributed by atoms with Crippen molar-refractivity contribution in [3.8, 4) is 0 Å². The number of nitrogens with zero attached hydrogens (tertiary/aromatic N) is 1. The average molecular weight is 270 g/mol. The van der Waals surface area contributed by atoms with Gasteiger partial charge in [-0.2, -0.15) is 13.2 Å². The summed E-state index contributed by atoms with van der Waals surface area (Å²) in [5, 5.41) is 10.7. The van der Waals surface area contributed by atoms with Crippen LogP contribution in [0.3, 0.4) is 0 Å². The molecule has 1 atom stereocenters. The number of morpholine rings is 1. The molecule has 0 aromatic rings. The molecule has 0 bridgehead atoms. The lowest BCUT2D eigenvalue weighted by Crippen LogP contribution is -2.51. The van der Waals surface area contributed by atoms with Crippen molar-refractivity contribution in [3.63, 3.8) is 0 Å². The monoisotopic (exact) mass is 270 g/mol. The Labute approximate surface area is 101 Å². The molecular formula is C9H13F3N2O4. The molecule has 0 saturated carbocycles. The third-order valence-corrected chi connectivity index (χ3v) is 2.30. The lowest BCUT2D eigenvalue weighted by molar-refractivity contribution is -0.159. The molecule has 18 heavy (non-hydrogen) atoms. The highest BCUT2D eigenvalue weighted by atomic mass is 19.4. The standard InChI is InChI=1S/C9H13F3N2O4/c10-9(11,12)5-13-3-7(15)14-1-2-18-6(4-14)8(16)17/h6,13H,1-5H2,(H,16,17). The molecule has 1 rings (SSSR count). The van der Waals surface area contributed by atoms with Crippen molar-refractivity contribution in [2.45, 2.75) is 12.3 Å². The maximum absolute atomic E-state index is 11.8. The van der Waals surface area contributed by atoms with E-state index in [2.05, 4.69) is 0 Å². The Balaban J connectivity index is 2.35. The van der Waals surface area contributed by atoms with E-state index in [1.807, 2.05) is 5.32 Å². The van der Waals surface area contributed by atoms with Crippen LogP contribution in [0, 0.1) is 0 Å². The van der Waals surface area contributed by atoms with Crippen LogP contribution in [-0.4, -0.2) is 66.9 Å². The van der Waals surface area contributed by atoms with E-state index < -0.39 is 37.2 Å². The van der Waals surface area contributed by atoms with Gasteiger partial charge in [0.15, 0.2) is 6.10 Å². The van der Waals surface area contributed by atoms with Gasteiger partial charge in [0.05, 0.1) is 26.2 Å². The fourth-order valence-corrected chi connectivity index (χ4v) is 1.45. The van der Waals surface area contributed by atoms with Gasteiger partial charge >= 0.3 is 12.1 Å². The summed E-state index contributed by atoms with van der Waals surface area (Å²) in [6.45, 7) is -1.66. The van der Waals surface area contributed by atoms with Crippen molar-refractivity contribution in [2.24, 2.45) is 0 Å². The zero-order valence-electron chi connectivity index (χ0n) is 9.37. The van der Waals surface area contributed by atoms with Crippen LogP contribution in [0.2, 0.25) is 0 Å². The molecule has 1 aliphatic rings. The number of alkyl halides is 3. The number of nitrogens with one attached hydrogen (secondary N) is 1. The Morgan fingerprint density at radius 2 is 2.11 bits per heavy atom. The molecule has 0 aromatic carbocycles. The normalized spacial score (nSPS) is 20.8. The van der Waals surface area contributed by atoms with Crippen LogP contribution in [0.1, 0.15) is 0 Å². The topological polar surface area (TPSA) is 78.9 Å². The number of ether oxygens (including phenoxy) is 1. The van der Waals surface area contributed by atoms with Gasteiger partial charge in [0.2, 0.25) is 5.91 Å². The van der Waals surface area contributed by atoms with Crippen LogP contribution in [0.25, 0.3) is 0 Å². The lowest BCUT2D eigenvalue weighted by atomic mass is 10.2. The molecule has 0 aliphatic carbocycles. The number of carboxylic acid groups (broad SMARTS) is 1. The number of hydrogen-bond donors (Lipinski definition) is 2. The summed E-state index contributed by atoms with van der Waals surface area (Å²) in [4.78, 5) is 23.3. The van der Waals surface area contributed by atoms with Crippen LogP contribution in [0.15, 0.2) is 0 Å². The summed E-state index contributed by atoms with van der Waals surface area (Å²) in [5.41, 5.74) is 0. The van der Waals surface area contributed by atoms with Crippen LogP contribution < -0.4 is 5.32 Å². The molecular weight excluding hydrogens is 257 g/mol. The van der Waals surface area contributed by atoms with Gasteiger partial charge in [-0.25, -0.2) is 4.79 Å². The molecule has 6 nitrogen and oxygen atoms in total. The van der Waals surface area contributed by atoms with Crippen molar-refractivity contribution in [1.29, 1.82) is 0 Å². The molecule has 1 amide bonds. The first-order valence-electron chi connectivity index (χ1n) is 5.19. The van der Waals surface area contributed by atoms with Gasteiger partial charge in [-0.3, -0.25) is 4.79 Å². The number of carbonyl (C=O) groups is 2. The molecule has 1 aliphatic heterocycles. The minimum Gasteiger partial charge on any atom is -0.479 e. The second-order valence-electron chi connectivity index (χ2n) is 3.76. The third kappa shape index (κ3) is 4.88. The number of rotatable bonds is 4. The zero-order chi connectivity index (χ0) is 13.8. The van der Waals surface area contributed by atoms with Gasteiger partial charge in [-0.15, -0.1) is 0 Å². The Bertz CT molecular complexity index is 321. The predicted molar refractivity (Wildman–Crippen MR) is 52.9 cm³/mol. The minimum atomic E-state index is -4.38. The predicted octanol–water partition coefficient (Wildman–Crippen LogP) is -0.550. The van der Waals surface area contributed by atoms with Crippen molar-refractivity contribution in [3.05, 3.63) is 0 Å². The number of carbonyl (C=O) groups excluding carboxylic acids is 1. The van der Waals surface area contributed by atoms with Crippen LogP contribution in [0.4, 0.5) is 13.2 Å². The van der Waals surface area contributed by atoms with E-state index in [9.17, 15) is 22.8 Å². The minimum absolute atomic E-state index is 0.0575. The van der Waals surface area contributed by atoms with Gasteiger partial charge in [0.25, 0.3) is 0 Å². The number of hydrogen-bond acceptors (Lipinski definition) is 4. The second kappa shape index (κ2) is 6.01. The first-order chi connectivity index (χ1) is 8.29.